The number of nitrogens with one attached hydrogen (secondary N) is 2. The number of hydrogen-bond donors (Lipinski definition) is 2. The van der Waals surface area contributed by atoms with Gasteiger partial charge in [-0.05, 0) is 61.5 Å². The Kier molecular flexibility index (Phi) is 7.49. The van der Waals surface area contributed by atoms with Gasteiger partial charge in [-0.3, -0.25) is 19.0 Å². The van der Waals surface area contributed by atoms with E-state index in [2.05, 4.69) is 15.3 Å². The second-order valence-corrected chi connectivity index (χ2v) is 7.81. The normalized spacial score (nSPS) is 10.8. The summed E-state index contributed by atoms with van der Waals surface area (Å²) >= 11 is 5.32. The molecule has 9 nitrogen and oxygen atoms in total. The Bertz CT molecular complexity index is 1270. The van der Waals surface area contributed by atoms with E-state index in [9.17, 15) is 14.4 Å². The fourth-order valence-electron chi connectivity index (χ4n) is 3.25. The lowest BCUT2D eigenvalue weighted by atomic mass is 10.1. The third kappa shape index (κ3) is 5.45. The van der Waals surface area contributed by atoms with Crippen molar-refractivity contribution in [1.29, 1.82) is 0 Å². The standard InChI is InChI=1S/C22H25N5O4S/c1-14-7-8-23-18(11-14)25-19(28)13-26(2)20(29)15-5-6-16-17(12-15)24-22(32)27(21(16)30)9-4-10-31-3/h5-8,11-12H,4,9-10,13H2,1-3H3,(H,24,32)(H,23,25,28). The summed E-state index contributed by atoms with van der Waals surface area (Å²) in [4.78, 5) is 46.3. The number of anilines is 1. The third-order valence-electron chi connectivity index (χ3n) is 4.87. The molecule has 0 spiro atoms. The molecule has 0 saturated heterocycles. The average Bonchev–Trinajstić information content (AvgIpc) is 2.75. The second kappa shape index (κ2) is 10.3. The van der Waals surface area contributed by atoms with Gasteiger partial charge in [0.25, 0.3) is 11.5 Å². The smallest absolute Gasteiger partial charge is 0.262 e. The van der Waals surface area contributed by atoms with Crippen LogP contribution in [0.1, 0.15) is 22.3 Å². The molecule has 3 rings (SSSR count). The SMILES string of the molecule is COCCCn1c(=S)[nH]c2cc(C(=O)N(C)CC(=O)Nc3cc(C)ccn3)ccc2c1=O. The first kappa shape index (κ1) is 23.3. The molecule has 0 aliphatic carbocycles. The van der Waals surface area contributed by atoms with Gasteiger partial charge < -0.3 is 19.9 Å². The molecule has 10 heteroatoms. The average molecular weight is 456 g/mol. The number of hydrogen-bond acceptors (Lipinski definition) is 6. The first-order chi connectivity index (χ1) is 15.3. The third-order valence-corrected chi connectivity index (χ3v) is 5.19. The molecule has 2 amide bonds. The molecule has 3 aromatic rings. The second-order valence-electron chi connectivity index (χ2n) is 7.42. The summed E-state index contributed by atoms with van der Waals surface area (Å²) in [6.07, 6.45) is 2.26. The number of carbonyl (C=O) groups excluding carboxylic acids is 2. The van der Waals surface area contributed by atoms with Crippen LogP contribution in [-0.2, 0) is 16.1 Å². The van der Waals surface area contributed by atoms with Crippen molar-refractivity contribution in [3.05, 3.63) is 62.8 Å². The molecule has 1 aromatic carbocycles. The van der Waals surface area contributed by atoms with Gasteiger partial charge in [-0.2, -0.15) is 0 Å². The fraction of sp³-hybridized carbons (Fsp3) is 0.318. The number of fused-ring (bicyclic) bond motifs is 1. The van der Waals surface area contributed by atoms with Crippen molar-refractivity contribution in [2.24, 2.45) is 0 Å². The maximum Gasteiger partial charge on any atom is 0.262 e. The Morgan fingerprint density at radius 1 is 1.28 bits per heavy atom. The van der Waals surface area contributed by atoms with Gasteiger partial charge in [-0.15, -0.1) is 0 Å². The summed E-state index contributed by atoms with van der Waals surface area (Å²) in [5.74, 6) is -0.295. The summed E-state index contributed by atoms with van der Waals surface area (Å²) in [6.45, 7) is 2.70. The molecule has 0 aliphatic heterocycles. The van der Waals surface area contributed by atoms with Crippen LogP contribution >= 0.6 is 12.2 Å². The van der Waals surface area contributed by atoms with Crippen LogP contribution in [0.25, 0.3) is 10.9 Å². The molecular weight excluding hydrogens is 430 g/mol. The number of carbonyl (C=O) groups is 2. The molecule has 2 aromatic heterocycles. The number of ether oxygens (including phenoxy) is 1. The van der Waals surface area contributed by atoms with Gasteiger partial charge in [0.15, 0.2) is 4.77 Å². The van der Waals surface area contributed by atoms with Crippen molar-refractivity contribution < 1.29 is 14.3 Å². The van der Waals surface area contributed by atoms with E-state index in [1.807, 2.05) is 13.0 Å². The Morgan fingerprint density at radius 2 is 2.06 bits per heavy atom. The highest BCUT2D eigenvalue weighted by molar-refractivity contribution is 7.71. The van der Waals surface area contributed by atoms with Gasteiger partial charge in [-0.1, -0.05) is 0 Å². The van der Waals surface area contributed by atoms with Gasteiger partial charge in [-0.25, -0.2) is 4.98 Å². The molecule has 0 unspecified atom stereocenters. The zero-order chi connectivity index (χ0) is 23.3. The van der Waals surface area contributed by atoms with Crippen LogP contribution in [0.5, 0.6) is 0 Å². The molecule has 0 saturated carbocycles. The van der Waals surface area contributed by atoms with Gasteiger partial charge in [0.1, 0.15) is 5.82 Å². The Morgan fingerprint density at radius 3 is 2.78 bits per heavy atom. The molecule has 0 atom stereocenters. The first-order valence-electron chi connectivity index (χ1n) is 10.0. The zero-order valence-corrected chi connectivity index (χ0v) is 19.0. The fourth-order valence-corrected chi connectivity index (χ4v) is 3.54. The lowest BCUT2D eigenvalue weighted by Crippen LogP contribution is -2.35. The summed E-state index contributed by atoms with van der Waals surface area (Å²) in [5, 5.41) is 3.10. The molecule has 168 valence electrons. The highest BCUT2D eigenvalue weighted by atomic mass is 32.1. The van der Waals surface area contributed by atoms with E-state index in [0.29, 0.717) is 41.9 Å². The van der Waals surface area contributed by atoms with Crippen LogP contribution in [0.3, 0.4) is 0 Å². The van der Waals surface area contributed by atoms with Crippen molar-refractivity contribution >= 4 is 40.8 Å². The van der Waals surface area contributed by atoms with Gasteiger partial charge in [0.2, 0.25) is 5.91 Å². The zero-order valence-electron chi connectivity index (χ0n) is 18.2. The van der Waals surface area contributed by atoms with Crippen LogP contribution < -0.4 is 10.9 Å². The van der Waals surface area contributed by atoms with Crippen molar-refractivity contribution in [1.82, 2.24) is 19.4 Å². The van der Waals surface area contributed by atoms with E-state index in [-0.39, 0.29) is 28.7 Å². The molecule has 32 heavy (non-hydrogen) atoms. The number of nitrogens with zero attached hydrogens (tertiary/aromatic N) is 3. The maximum absolute atomic E-state index is 12.8. The van der Waals surface area contributed by atoms with Crippen LogP contribution in [-0.4, -0.2) is 58.6 Å². The number of amides is 2. The molecule has 0 bridgehead atoms. The van der Waals surface area contributed by atoms with Crippen molar-refractivity contribution in [2.75, 3.05) is 32.6 Å². The highest BCUT2D eigenvalue weighted by Gasteiger charge is 2.17. The lowest BCUT2D eigenvalue weighted by molar-refractivity contribution is -0.116. The number of aryl methyl sites for hydroxylation is 1. The summed E-state index contributed by atoms with van der Waals surface area (Å²) in [6, 6.07) is 8.30. The number of aromatic nitrogens is 3. The van der Waals surface area contributed by atoms with Gasteiger partial charge in [0.05, 0.1) is 17.4 Å². The minimum atomic E-state index is -0.363. The number of methoxy groups -OCH3 is 1. The van der Waals surface area contributed by atoms with E-state index in [1.54, 1.807) is 37.6 Å². The van der Waals surface area contributed by atoms with E-state index in [0.717, 1.165) is 5.56 Å². The number of rotatable bonds is 8. The van der Waals surface area contributed by atoms with Crippen molar-refractivity contribution in [3.63, 3.8) is 0 Å². The van der Waals surface area contributed by atoms with Crippen LogP contribution in [0.15, 0.2) is 41.3 Å². The van der Waals surface area contributed by atoms with Crippen molar-refractivity contribution in [3.8, 4) is 0 Å². The molecule has 2 N–H and O–H groups in total. The van der Waals surface area contributed by atoms with Crippen LogP contribution in [0.4, 0.5) is 5.82 Å². The molecular formula is C22H25N5O4S. The minimum absolute atomic E-state index is 0.149. The van der Waals surface area contributed by atoms with Gasteiger partial charge >= 0.3 is 0 Å². The number of aromatic amines is 1. The predicted molar refractivity (Wildman–Crippen MR) is 124 cm³/mol. The summed E-state index contributed by atoms with van der Waals surface area (Å²) < 4.78 is 6.79. The molecule has 0 aliphatic rings. The number of likely N-dealkylation sites (N-methyl/N-ethyl adjacent to an activating group) is 1. The molecule has 0 fully saturated rings. The van der Waals surface area contributed by atoms with E-state index in [4.69, 9.17) is 17.0 Å². The summed E-state index contributed by atoms with van der Waals surface area (Å²) in [7, 11) is 3.13. The van der Waals surface area contributed by atoms with E-state index in [1.165, 1.54) is 16.5 Å². The van der Waals surface area contributed by atoms with Crippen LogP contribution in [0, 0.1) is 11.7 Å². The Hall–Kier alpha value is -3.37. The Labute approximate surface area is 190 Å². The van der Waals surface area contributed by atoms with E-state index >= 15 is 0 Å². The van der Waals surface area contributed by atoms with Crippen molar-refractivity contribution in [2.45, 2.75) is 19.9 Å². The van der Waals surface area contributed by atoms with E-state index < -0.39 is 0 Å². The highest BCUT2D eigenvalue weighted by Crippen LogP contribution is 2.13. The number of pyridine rings is 1. The quantitative estimate of drug-likeness (QED) is 0.399. The predicted octanol–water partition coefficient (Wildman–Crippen LogP) is 2.51. The number of benzene rings is 1. The van der Waals surface area contributed by atoms with Crippen LogP contribution in [0.2, 0.25) is 0 Å². The lowest BCUT2D eigenvalue weighted by Gasteiger charge is -2.17. The largest absolute Gasteiger partial charge is 0.385 e. The first-order valence-corrected chi connectivity index (χ1v) is 10.4. The number of H-pyrrole nitrogens is 1. The summed E-state index contributed by atoms with van der Waals surface area (Å²) in [5.41, 5.74) is 1.54. The minimum Gasteiger partial charge on any atom is -0.385 e. The Balaban J connectivity index is 1.75. The monoisotopic (exact) mass is 455 g/mol. The maximum atomic E-state index is 12.8. The molecule has 2 heterocycles. The molecule has 0 radical (unpaired) electrons. The topological polar surface area (TPSA) is 109 Å². The van der Waals surface area contributed by atoms with Gasteiger partial charge in [0, 0.05) is 39.1 Å².